The van der Waals surface area contributed by atoms with Gasteiger partial charge in [-0.3, -0.25) is 0 Å². The lowest BCUT2D eigenvalue weighted by Gasteiger charge is -1.97. The molecule has 16 heavy (non-hydrogen) atoms. The minimum atomic E-state index is 0.425. The number of hydrogen-bond acceptors (Lipinski definition) is 5. The Hall–Kier alpha value is -1.27. The smallest absolute Gasteiger partial charge is 0.0962 e. The minimum Gasteiger partial charge on any atom is -0.325 e. The van der Waals surface area contributed by atoms with E-state index in [1.165, 1.54) is 0 Å². The molecule has 0 amide bonds. The van der Waals surface area contributed by atoms with Gasteiger partial charge in [-0.25, -0.2) is 9.67 Å². The maximum absolute atomic E-state index is 5.47. The first-order valence-electron chi connectivity index (χ1n) is 5.22. The first-order chi connectivity index (χ1) is 7.69. The Labute approximate surface area is 98.3 Å². The topological polar surface area (TPSA) is 69.6 Å². The molecule has 2 aromatic rings. The highest BCUT2D eigenvalue weighted by atomic mass is 32.1. The normalized spacial score (nSPS) is 11.2. The van der Waals surface area contributed by atoms with E-state index in [0.717, 1.165) is 16.4 Å². The minimum absolute atomic E-state index is 0.425. The van der Waals surface area contributed by atoms with Gasteiger partial charge < -0.3 is 5.73 Å². The quantitative estimate of drug-likeness (QED) is 0.871. The van der Waals surface area contributed by atoms with Gasteiger partial charge >= 0.3 is 0 Å². The second-order valence-electron chi connectivity index (χ2n) is 3.94. The molecule has 0 saturated heterocycles. The molecule has 0 saturated carbocycles. The molecule has 0 atom stereocenters. The second kappa shape index (κ2) is 4.71. The largest absolute Gasteiger partial charge is 0.325 e. The van der Waals surface area contributed by atoms with Gasteiger partial charge in [-0.2, -0.15) is 0 Å². The molecular formula is C10H15N5S. The summed E-state index contributed by atoms with van der Waals surface area (Å²) in [6.45, 7) is 5.37. The summed E-state index contributed by atoms with van der Waals surface area (Å²) >= 11 is 1.69. The number of thiazole rings is 1. The van der Waals surface area contributed by atoms with Gasteiger partial charge in [0, 0.05) is 17.8 Å². The number of nitrogens with zero attached hydrogens (tertiary/aromatic N) is 4. The van der Waals surface area contributed by atoms with Gasteiger partial charge in [-0.05, 0) is 0 Å². The van der Waals surface area contributed by atoms with Crippen molar-refractivity contribution in [2.24, 2.45) is 5.73 Å². The van der Waals surface area contributed by atoms with Crippen molar-refractivity contribution in [3.8, 4) is 0 Å². The molecule has 86 valence electrons. The van der Waals surface area contributed by atoms with E-state index in [1.54, 1.807) is 16.0 Å². The van der Waals surface area contributed by atoms with Crippen LogP contribution in [0.25, 0.3) is 0 Å². The number of nitrogens with two attached hydrogens (primary N) is 1. The van der Waals surface area contributed by atoms with E-state index in [0.29, 0.717) is 19.0 Å². The molecule has 5 nitrogen and oxygen atoms in total. The van der Waals surface area contributed by atoms with Gasteiger partial charge in [0.15, 0.2) is 0 Å². The second-order valence-corrected chi connectivity index (χ2v) is 4.83. The van der Waals surface area contributed by atoms with Crippen LogP contribution in [0.4, 0.5) is 0 Å². The predicted octanol–water partition coefficient (Wildman–Crippen LogP) is 1.36. The van der Waals surface area contributed by atoms with Crippen LogP contribution in [0.2, 0.25) is 0 Å². The lowest BCUT2D eigenvalue weighted by molar-refractivity contribution is 0.638. The van der Waals surface area contributed by atoms with Crippen LogP contribution in [0.5, 0.6) is 0 Å². The first-order valence-corrected chi connectivity index (χ1v) is 6.10. The fraction of sp³-hybridized carbons (Fsp3) is 0.500. The van der Waals surface area contributed by atoms with Crippen LogP contribution in [0, 0.1) is 0 Å². The summed E-state index contributed by atoms with van der Waals surface area (Å²) in [5, 5.41) is 11.2. The van der Waals surface area contributed by atoms with Gasteiger partial charge in [0.25, 0.3) is 0 Å². The average molecular weight is 237 g/mol. The zero-order valence-corrected chi connectivity index (χ0v) is 10.2. The number of rotatable bonds is 4. The molecule has 6 heteroatoms. The van der Waals surface area contributed by atoms with Crippen LogP contribution >= 0.6 is 11.3 Å². The highest BCUT2D eigenvalue weighted by Gasteiger charge is 2.07. The molecule has 0 aliphatic rings. The molecule has 0 aromatic carbocycles. The van der Waals surface area contributed by atoms with E-state index in [4.69, 9.17) is 5.73 Å². The van der Waals surface area contributed by atoms with Crippen LogP contribution in [0.1, 0.15) is 36.2 Å². The zero-order chi connectivity index (χ0) is 11.5. The van der Waals surface area contributed by atoms with Crippen molar-refractivity contribution >= 4 is 11.3 Å². The van der Waals surface area contributed by atoms with Crippen LogP contribution in [-0.2, 0) is 13.1 Å². The Morgan fingerprint density at radius 2 is 2.25 bits per heavy atom. The van der Waals surface area contributed by atoms with E-state index in [9.17, 15) is 0 Å². The van der Waals surface area contributed by atoms with Gasteiger partial charge in [-0.15, -0.1) is 16.4 Å². The molecule has 2 rings (SSSR count). The maximum atomic E-state index is 5.47. The molecule has 0 aliphatic carbocycles. The molecule has 0 bridgehead atoms. The standard InChI is InChI=1S/C10H15N5S/c1-7(2)10-12-9(6-16-10)5-15-4-8(3-11)13-14-15/h4,6-7H,3,5,11H2,1-2H3. The molecule has 2 N–H and O–H groups in total. The summed E-state index contributed by atoms with van der Waals surface area (Å²) in [4.78, 5) is 4.54. The molecule has 2 heterocycles. The van der Waals surface area contributed by atoms with E-state index in [2.05, 4.69) is 34.5 Å². The summed E-state index contributed by atoms with van der Waals surface area (Å²) in [6.07, 6.45) is 1.86. The molecular weight excluding hydrogens is 222 g/mol. The van der Waals surface area contributed by atoms with E-state index in [1.807, 2.05) is 6.20 Å². The van der Waals surface area contributed by atoms with Crippen molar-refractivity contribution in [3.63, 3.8) is 0 Å². The van der Waals surface area contributed by atoms with Gasteiger partial charge in [0.2, 0.25) is 0 Å². The van der Waals surface area contributed by atoms with Crippen molar-refractivity contribution in [3.05, 3.63) is 28.0 Å². The number of aromatic nitrogens is 4. The van der Waals surface area contributed by atoms with Crippen molar-refractivity contribution in [2.45, 2.75) is 32.9 Å². The van der Waals surface area contributed by atoms with E-state index >= 15 is 0 Å². The summed E-state index contributed by atoms with van der Waals surface area (Å²) < 4.78 is 1.77. The molecule has 0 aliphatic heterocycles. The van der Waals surface area contributed by atoms with Crippen molar-refractivity contribution in [2.75, 3.05) is 0 Å². The Morgan fingerprint density at radius 1 is 1.44 bits per heavy atom. The molecule has 0 unspecified atom stereocenters. The zero-order valence-electron chi connectivity index (χ0n) is 9.42. The monoisotopic (exact) mass is 237 g/mol. The predicted molar refractivity (Wildman–Crippen MR) is 63.2 cm³/mol. The molecule has 0 fully saturated rings. The van der Waals surface area contributed by atoms with Crippen molar-refractivity contribution in [1.82, 2.24) is 20.0 Å². The summed E-state index contributed by atoms with van der Waals surface area (Å²) in [5.41, 5.74) is 7.31. The first kappa shape index (κ1) is 11.2. The third-order valence-corrected chi connectivity index (χ3v) is 3.38. The van der Waals surface area contributed by atoms with Crippen LogP contribution in [-0.4, -0.2) is 20.0 Å². The Balaban J connectivity index is 2.08. The average Bonchev–Trinajstić information content (AvgIpc) is 2.87. The fourth-order valence-corrected chi connectivity index (χ4v) is 2.16. The molecule has 0 spiro atoms. The van der Waals surface area contributed by atoms with Crippen LogP contribution in [0.3, 0.4) is 0 Å². The Kier molecular flexibility index (Phi) is 3.31. The third-order valence-electron chi connectivity index (χ3n) is 2.18. The number of hydrogen-bond donors (Lipinski definition) is 1. The molecule has 2 aromatic heterocycles. The van der Waals surface area contributed by atoms with Gasteiger partial charge in [0.05, 0.1) is 29.1 Å². The van der Waals surface area contributed by atoms with Gasteiger partial charge in [-0.1, -0.05) is 19.1 Å². The lowest BCUT2D eigenvalue weighted by Crippen LogP contribution is -2.01. The Morgan fingerprint density at radius 3 is 2.81 bits per heavy atom. The maximum Gasteiger partial charge on any atom is 0.0962 e. The third kappa shape index (κ3) is 2.45. The van der Waals surface area contributed by atoms with Crippen molar-refractivity contribution < 1.29 is 0 Å². The van der Waals surface area contributed by atoms with Crippen LogP contribution in [0.15, 0.2) is 11.6 Å². The SMILES string of the molecule is CC(C)c1nc(Cn2cc(CN)nn2)cs1. The van der Waals surface area contributed by atoms with E-state index in [-0.39, 0.29) is 0 Å². The van der Waals surface area contributed by atoms with Gasteiger partial charge in [0.1, 0.15) is 0 Å². The van der Waals surface area contributed by atoms with Crippen LogP contribution < -0.4 is 5.73 Å². The highest BCUT2D eigenvalue weighted by Crippen LogP contribution is 2.19. The van der Waals surface area contributed by atoms with E-state index < -0.39 is 0 Å². The Bertz CT molecular complexity index is 459. The van der Waals surface area contributed by atoms with Crippen molar-refractivity contribution in [1.29, 1.82) is 0 Å². The summed E-state index contributed by atoms with van der Waals surface area (Å²) in [7, 11) is 0. The lowest BCUT2D eigenvalue weighted by atomic mass is 10.2. The summed E-state index contributed by atoms with van der Waals surface area (Å²) in [6, 6.07) is 0. The fourth-order valence-electron chi connectivity index (χ4n) is 1.34. The highest BCUT2D eigenvalue weighted by molar-refractivity contribution is 7.09. The molecule has 0 radical (unpaired) electrons. The summed E-state index contributed by atoms with van der Waals surface area (Å²) in [5.74, 6) is 0.481.